The van der Waals surface area contributed by atoms with Crippen LogP contribution in [-0.4, -0.2) is 60.7 Å². The zero-order chi connectivity index (χ0) is 28.1. The highest BCUT2D eigenvalue weighted by Gasteiger charge is 2.46. The summed E-state index contributed by atoms with van der Waals surface area (Å²) in [6.07, 6.45) is 0.971. The van der Waals surface area contributed by atoms with Crippen molar-refractivity contribution in [1.29, 1.82) is 0 Å². The van der Waals surface area contributed by atoms with E-state index in [1.54, 1.807) is 12.1 Å². The fourth-order valence-corrected chi connectivity index (χ4v) is 6.03. The predicted octanol–water partition coefficient (Wildman–Crippen LogP) is 6.89. The topological polar surface area (TPSA) is 42.0 Å². The summed E-state index contributed by atoms with van der Waals surface area (Å²) in [4.78, 5) is 18.9. The minimum atomic E-state index is -0.723. The molecule has 1 amide bonds. The summed E-state index contributed by atoms with van der Waals surface area (Å²) in [5.41, 5.74) is 2.74. The largest absolute Gasteiger partial charge is 0.379 e. The third-order valence-electron chi connectivity index (χ3n) is 7.76. The molecule has 8 heteroatoms. The van der Waals surface area contributed by atoms with Crippen molar-refractivity contribution < 1.29 is 18.7 Å². The molecule has 2 aliphatic heterocycles. The Morgan fingerprint density at radius 1 is 0.900 bits per heavy atom. The van der Waals surface area contributed by atoms with Crippen LogP contribution in [0.25, 0.3) is 0 Å². The van der Waals surface area contributed by atoms with Crippen molar-refractivity contribution in [1.82, 2.24) is 9.80 Å². The first kappa shape index (κ1) is 29.0. The van der Waals surface area contributed by atoms with E-state index in [-0.39, 0.29) is 23.8 Å². The summed E-state index contributed by atoms with van der Waals surface area (Å²) in [6, 6.07) is 21.2. The first-order chi connectivity index (χ1) is 19.4. The molecular weight excluding hydrogens is 550 g/mol. The van der Waals surface area contributed by atoms with E-state index >= 15 is 0 Å². The Morgan fingerprint density at radius 2 is 1.50 bits per heavy atom. The Labute approximate surface area is 245 Å². The highest BCUT2D eigenvalue weighted by Crippen LogP contribution is 2.44. The smallest absolute Gasteiger partial charge is 0.252 e. The van der Waals surface area contributed by atoms with Crippen LogP contribution >= 0.6 is 23.2 Å². The predicted molar refractivity (Wildman–Crippen MR) is 156 cm³/mol. The lowest BCUT2D eigenvalue weighted by Gasteiger charge is -2.49. The maximum Gasteiger partial charge on any atom is 0.252 e. The van der Waals surface area contributed by atoms with E-state index in [2.05, 4.69) is 16.7 Å². The molecule has 4 atom stereocenters. The second-order valence-corrected chi connectivity index (χ2v) is 11.4. The molecule has 0 spiro atoms. The number of amides is 1. The molecule has 0 N–H and O–H groups in total. The number of hydrogen-bond acceptors (Lipinski definition) is 4. The Kier molecular flexibility index (Phi) is 9.76. The molecule has 2 heterocycles. The number of carbonyl (C=O) groups excluding carboxylic acids is 1. The molecule has 5 nitrogen and oxygen atoms in total. The van der Waals surface area contributed by atoms with Crippen LogP contribution in [0.1, 0.15) is 48.6 Å². The molecule has 3 aromatic carbocycles. The number of benzene rings is 3. The second kappa shape index (κ2) is 13.5. The number of rotatable bonds is 9. The van der Waals surface area contributed by atoms with Crippen LogP contribution in [-0.2, 0) is 20.7 Å². The number of nitrogens with zero attached hydrogens (tertiary/aromatic N) is 2. The zero-order valence-electron chi connectivity index (χ0n) is 22.6. The van der Waals surface area contributed by atoms with Crippen molar-refractivity contribution in [3.63, 3.8) is 0 Å². The highest BCUT2D eigenvalue weighted by molar-refractivity contribution is 6.30. The van der Waals surface area contributed by atoms with Crippen LogP contribution < -0.4 is 0 Å². The van der Waals surface area contributed by atoms with E-state index < -0.39 is 12.2 Å². The van der Waals surface area contributed by atoms with Crippen molar-refractivity contribution in [2.75, 3.05) is 32.8 Å². The van der Waals surface area contributed by atoms with Gasteiger partial charge in [0.25, 0.3) is 5.91 Å². The van der Waals surface area contributed by atoms with Crippen LogP contribution in [0.4, 0.5) is 4.39 Å². The Balaban J connectivity index is 1.59. The van der Waals surface area contributed by atoms with E-state index in [0.29, 0.717) is 29.7 Å². The maximum absolute atomic E-state index is 14.5. The fraction of sp³-hybridized carbons (Fsp3) is 0.406. The fourth-order valence-electron chi connectivity index (χ4n) is 5.78. The molecule has 2 aliphatic rings. The second-order valence-electron chi connectivity index (χ2n) is 10.5. The number of halogens is 3. The van der Waals surface area contributed by atoms with Crippen molar-refractivity contribution in [3.8, 4) is 0 Å². The molecule has 2 fully saturated rings. The maximum atomic E-state index is 14.5. The minimum absolute atomic E-state index is 0.0364. The molecule has 3 aromatic rings. The molecule has 0 aromatic heterocycles. The molecule has 2 saturated heterocycles. The van der Waals surface area contributed by atoms with Crippen molar-refractivity contribution in [3.05, 3.63) is 105 Å². The van der Waals surface area contributed by atoms with Gasteiger partial charge in [-0.1, -0.05) is 72.9 Å². The molecule has 0 aliphatic carbocycles. The Morgan fingerprint density at radius 3 is 2.10 bits per heavy atom. The lowest BCUT2D eigenvalue weighted by molar-refractivity contribution is -0.180. The molecule has 40 heavy (non-hydrogen) atoms. The average Bonchev–Trinajstić information content (AvgIpc) is 2.96. The number of morpholine rings is 2. The first-order valence-electron chi connectivity index (χ1n) is 14.0. The van der Waals surface area contributed by atoms with Gasteiger partial charge < -0.3 is 14.4 Å². The van der Waals surface area contributed by atoms with Gasteiger partial charge in [0, 0.05) is 42.1 Å². The van der Waals surface area contributed by atoms with Crippen molar-refractivity contribution >= 4 is 29.1 Å². The van der Waals surface area contributed by atoms with Gasteiger partial charge >= 0.3 is 0 Å². The number of ether oxygens (including phenoxy) is 2. The van der Waals surface area contributed by atoms with E-state index in [1.165, 1.54) is 12.1 Å². The van der Waals surface area contributed by atoms with Gasteiger partial charge in [-0.3, -0.25) is 9.69 Å². The quantitative estimate of drug-likeness (QED) is 0.275. The van der Waals surface area contributed by atoms with E-state index in [4.69, 9.17) is 32.7 Å². The Bertz CT molecular complexity index is 1250. The zero-order valence-corrected chi connectivity index (χ0v) is 24.2. The molecular formula is C32H35Cl2FN2O3. The molecule has 0 saturated carbocycles. The van der Waals surface area contributed by atoms with Crippen LogP contribution in [0.3, 0.4) is 0 Å². The number of carbonyl (C=O) groups is 1. The van der Waals surface area contributed by atoms with Gasteiger partial charge in [0.1, 0.15) is 18.0 Å². The van der Waals surface area contributed by atoms with E-state index in [1.807, 2.05) is 48.5 Å². The normalized spacial score (nSPS) is 22.9. The van der Waals surface area contributed by atoms with Crippen molar-refractivity contribution in [2.24, 2.45) is 0 Å². The summed E-state index contributed by atoms with van der Waals surface area (Å²) < 4.78 is 26.0. The summed E-state index contributed by atoms with van der Waals surface area (Å²) in [6.45, 7) is 5.97. The minimum Gasteiger partial charge on any atom is -0.379 e. The van der Waals surface area contributed by atoms with Gasteiger partial charge in [-0.2, -0.15) is 0 Å². The van der Waals surface area contributed by atoms with Gasteiger partial charge in [0.05, 0.1) is 19.3 Å². The van der Waals surface area contributed by atoms with Crippen LogP contribution in [0.2, 0.25) is 10.0 Å². The SMILES string of the molecule is CCCC(CN1CCOCC1)N1C(=O)C(Cc2ccc(F)cc2)O[C@@H](c2ccc(Cl)cc2)[C@H]1c1ccc(Cl)cc1. The van der Waals surface area contributed by atoms with Crippen LogP contribution in [0, 0.1) is 5.82 Å². The summed E-state index contributed by atoms with van der Waals surface area (Å²) in [5.74, 6) is -0.363. The van der Waals surface area contributed by atoms with Gasteiger partial charge in [-0.15, -0.1) is 0 Å². The van der Waals surface area contributed by atoms with Crippen molar-refractivity contribution in [2.45, 2.75) is 50.5 Å². The first-order valence-corrected chi connectivity index (χ1v) is 14.7. The molecule has 2 unspecified atom stereocenters. The van der Waals surface area contributed by atoms with Gasteiger partial charge in [-0.05, 0) is 59.5 Å². The average molecular weight is 586 g/mol. The molecule has 0 bridgehead atoms. The number of hydrogen-bond donors (Lipinski definition) is 0. The molecule has 0 radical (unpaired) electrons. The summed E-state index contributed by atoms with van der Waals surface area (Å²) in [7, 11) is 0. The van der Waals surface area contributed by atoms with E-state index in [9.17, 15) is 9.18 Å². The summed E-state index contributed by atoms with van der Waals surface area (Å²) in [5, 5.41) is 1.27. The van der Waals surface area contributed by atoms with Gasteiger partial charge in [-0.25, -0.2) is 4.39 Å². The third-order valence-corrected chi connectivity index (χ3v) is 8.26. The Hall–Kier alpha value is -2.48. The van der Waals surface area contributed by atoms with E-state index in [0.717, 1.165) is 49.2 Å². The monoisotopic (exact) mass is 584 g/mol. The summed E-state index contributed by atoms with van der Waals surface area (Å²) >= 11 is 12.5. The lowest BCUT2D eigenvalue weighted by Crippen LogP contribution is -2.58. The third kappa shape index (κ3) is 6.87. The lowest BCUT2D eigenvalue weighted by atomic mass is 9.88. The van der Waals surface area contributed by atoms with Crippen LogP contribution in [0.5, 0.6) is 0 Å². The highest BCUT2D eigenvalue weighted by atomic mass is 35.5. The van der Waals surface area contributed by atoms with Crippen LogP contribution in [0.15, 0.2) is 72.8 Å². The standard InChI is InChI=1S/C32H35Cl2FN2O3/c1-2-3-28(21-36-16-18-39-19-17-36)37-30(23-6-10-25(33)11-7-23)31(24-8-12-26(34)13-9-24)40-29(32(37)38)20-22-4-14-27(35)15-5-22/h4-15,28-31H,2-3,16-21H2,1H3/t28?,29?,30-,31+/m1/s1. The van der Waals surface area contributed by atoms with Gasteiger partial charge in [0.15, 0.2) is 0 Å². The molecule has 212 valence electrons. The molecule has 5 rings (SSSR count). The van der Waals surface area contributed by atoms with Gasteiger partial charge in [0.2, 0.25) is 0 Å².